The molecule has 0 aliphatic rings. The van der Waals surface area contributed by atoms with Gasteiger partial charge in [0.1, 0.15) is 7.28 Å². The van der Waals surface area contributed by atoms with E-state index in [-0.39, 0.29) is 0 Å². The van der Waals surface area contributed by atoms with Crippen LogP contribution >= 0.6 is 11.9 Å². The Labute approximate surface area is 37.7 Å². The Morgan fingerprint density at radius 2 is 2.60 bits per heavy atom. The Morgan fingerprint density at radius 3 is 2.60 bits per heavy atom. The average molecular weight is 89.0 g/mol. The highest BCUT2D eigenvalue weighted by Gasteiger charge is 1.72. The Kier molecular flexibility index (Phi) is 4.70. The molecule has 0 amide bonds. The second-order valence-electron chi connectivity index (χ2n) is 0.871. The monoisotopic (exact) mass is 89.0 g/mol. The Hall–Kier alpha value is 0.375. The summed E-state index contributed by atoms with van der Waals surface area (Å²) in [5, 5.41) is 5.06. The fourth-order valence-electron chi connectivity index (χ4n) is 0.118. The molecule has 0 aliphatic heterocycles. The maximum Gasteiger partial charge on any atom is 0.131 e. The van der Waals surface area contributed by atoms with E-state index in [4.69, 9.17) is 5.14 Å². The third-order valence-electron chi connectivity index (χ3n) is 0.322. The van der Waals surface area contributed by atoms with Crippen LogP contribution in [-0.2, 0) is 0 Å². The van der Waals surface area contributed by atoms with E-state index in [2.05, 4.69) is 6.82 Å². The van der Waals surface area contributed by atoms with Gasteiger partial charge in [-0.05, 0) is 5.65 Å². The summed E-state index contributed by atoms with van der Waals surface area (Å²) in [6, 6.07) is 0. The minimum atomic E-state index is 1.08. The van der Waals surface area contributed by atoms with E-state index in [0.717, 1.165) is 5.65 Å². The van der Waals surface area contributed by atoms with Gasteiger partial charge in [0.15, 0.2) is 0 Å². The zero-order chi connectivity index (χ0) is 4.12. The van der Waals surface area contributed by atoms with Crippen LogP contribution in [0.15, 0.2) is 0 Å². The van der Waals surface area contributed by atoms with E-state index in [1.165, 1.54) is 19.2 Å². The summed E-state index contributed by atoms with van der Waals surface area (Å²) in [7, 11) is 1.18. The van der Waals surface area contributed by atoms with Crippen LogP contribution < -0.4 is 5.14 Å². The van der Waals surface area contributed by atoms with Crippen molar-refractivity contribution in [2.24, 2.45) is 5.14 Å². The van der Waals surface area contributed by atoms with E-state index in [1.54, 1.807) is 0 Å². The predicted octanol–water partition coefficient (Wildman–Crippen LogP) is 0.0354. The van der Waals surface area contributed by atoms with Crippen molar-refractivity contribution in [3.63, 3.8) is 0 Å². The van der Waals surface area contributed by atoms with Crippen molar-refractivity contribution in [3.05, 3.63) is 0 Å². The average Bonchev–Trinajstić information content (AvgIpc) is 1.41. The van der Waals surface area contributed by atoms with E-state index < -0.39 is 0 Å². The molecule has 3 heteroatoms. The van der Waals surface area contributed by atoms with Crippen LogP contribution in [0, 0.1) is 0 Å². The minimum absolute atomic E-state index is 1.08. The zero-order valence-electron chi connectivity index (χ0n) is 3.40. The lowest BCUT2D eigenvalue weighted by atomic mass is 9.87. The molecule has 0 atom stereocenters. The minimum Gasteiger partial charge on any atom is -0.278 e. The Balaban J connectivity index is 2.19. The SMILES string of the molecule is CBCSN. The topological polar surface area (TPSA) is 26.0 Å². The third-order valence-corrected chi connectivity index (χ3v) is 0.966. The van der Waals surface area contributed by atoms with Crippen LogP contribution in [-0.4, -0.2) is 12.9 Å². The van der Waals surface area contributed by atoms with Crippen LogP contribution in [0.25, 0.3) is 0 Å². The molecule has 5 heavy (non-hydrogen) atoms. The molecule has 0 radical (unpaired) electrons. The normalized spacial score (nSPS) is 7.60. The molecule has 1 nitrogen and oxygen atoms in total. The first-order valence-corrected chi connectivity index (χ1v) is 2.78. The zero-order valence-corrected chi connectivity index (χ0v) is 4.22. The molecule has 0 heterocycles. The van der Waals surface area contributed by atoms with E-state index >= 15 is 0 Å². The van der Waals surface area contributed by atoms with Gasteiger partial charge < -0.3 is 0 Å². The molecular formula is C2H8BNS. The highest BCUT2D eigenvalue weighted by Crippen LogP contribution is 1.77. The maximum absolute atomic E-state index is 5.06. The van der Waals surface area contributed by atoms with Gasteiger partial charge in [-0.1, -0.05) is 18.8 Å². The van der Waals surface area contributed by atoms with E-state index in [0.29, 0.717) is 0 Å². The van der Waals surface area contributed by atoms with Crippen molar-refractivity contribution < 1.29 is 0 Å². The van der Waals surface area contributed by atoms with Crippen molar-refractivity contribution in [2.45, 2.75) is 6.82 Å². The summed E-state index contributed by atoms with van der Waals surface area (Å²) in [5.41, 5.74) is 1.08. The van der Waals surface area contributed by atoms with Crippen molar-refractivity contribution in [1.29, 1.82) is 0 Å². The molecule has 2 N–H and O–H groups in total. The first-order valence-electron chi connectivity index (χ1n) is 1.73. The summed E-state index contributed by atoms with van der Waals surface area (Å²) in [6.45, 7) is 2.11. The standard InChI is InChI=1S/C2H8BNS/c1-3-2-5-4/h3H,2,4H2,1H3. The molecule has 0 saturated heterocycles. The van der Waals surface area contributed by atoms with Gasteiger partial charge in [0, 0.05) is 0 Å². The molecule has 0 fully saturated rings. The van der Waals surface area contributed by atoms with Gasteiger partial charge in [0.25, 0.3) is 0 Å². The molecule has 0 saturated carbocycles. The van der Waals surface area contributed by atoms with Crippen LogP contribution in [0.4, 0.5) is 0 Å². The number of rotatable bonds is 2. The fraction of sp³-hybridized carbons (Fsp3) is 1.00. The van der Waals surface area contributed by atoms with Gasteiger partial charge in [0.2, 0.25) is 0 Å². The fourth-order valence-corrected chi connectivity index (χ4v) is 0.354. The van der Waals surface area contributed by atoms with Crippen molar-refractivity contribution in [3.8, 4) is 0 Å². The third kappa shape index (κ3) is 4.37. The molecular weight excluding hydrogens is 80.9 g/mol. The Morgan fingerprint density at radius 1 is 2.00 bits per heavy atom. The second-order valence-corrected chi connectivity index (χ2v) is 1.61. The lowest BCUT2D eigenvalue weighted by molar-refractivity contribution is 1.95. The first-order chi connectivity index (χ1) is 2.41. The molecule has 0 bridgehead atoms. The summed E-state index contributed by atoms with van der Waals surface area (Å²) in [4.78, 5) is 0. The van der Waals surface area contributed by atoms with Gasteiger partial charge in [-0.2, -0.15) is 0 Å². The first kappa shape index (κ1) is 5.37. The smallest absolute Gasteiger partial charge is 0.131 e. The molecule has 0 rings (SSSR count). The van der Waals surface area contributed by atoms with E-state index in [9.17, 15) is 0 Å². The highest BCUT2D eigenvalue weighted by atomic mass is 32.2. The van der Waals surface area contributed by atoms with Gasteiger partial charge >= 0.3 is 0 Å². The van der Waals surface area contributed by atoms with Crippen molar-refractivity contribution >= 4 is 19.2 Å². The van der Waals surface area contributed by atoms with Crippen molar-refractivity contribution in [1.82, 2.24) is 0 Å². The summed E-state index contributed by atoms with van der Waals surface area (Å²) in [6.07, 6.45) is 0. The van der Waals surface area contributed by atoms with Crippen LogP contribution in [0.3, 0.4) is 0 Å². The Bertz CT molecular complexity index is 17.1. The van der Waals surface area contributed by atoms with Crippen LogP contribution in [0.2, 0.25) is 6.82 Å². The molecule has 30 valence electrons. The quantitative estimate of drug-likeness (QED) is 0.381. The lowest BCUT2D eigenvalue weighted by Crippen LogP contribution is -1.89. The largest absolute Gasteiger partial charge is 0.278 e. The molecule has 0 spiro atoms. The van der Waals surface area contributed by atoms with Gasteiger partial charge in [-0.15, -0.1) is 0 Å². The molecule has 0 unspecified atom stereocenters. The highest BCUT2D eigenvalue weighted by molar-refractivity contribution is 7.98. The molecule has 0 aromatic carbocycles. The number of hydrogen-bond acceptors (Lipinski definition) is 2. The summed E-state index contributed by atoms with van der Waals surface area (Å²) in [5.74, 6) is 0. The second kappa shape index (κ2) is 4.37. The summed E-state index contributed by atoms with van der Waals surface area (Å²) >= 11 is 1.40. The van der Waals surface area contributed by atoms with Crippen LogP contribution in [0.1, 0.15) is 0 Å². The molecule has 0 aliphatic carbocycles. The van der Waals surface area contributed by atoms with Gasteiger partial charge in [0.05, 0.1) is 0 Å². The summed E-state index contributed by atoms with van der Waals surface area (Å²) < 4.78 is 0. The van der Waals surface area contributed by atoms with Crippen LogP contribution in [0.5, 0.6) is 0 Å². The van der Waals surface area contributed by atoms with Gasteiger partial charge in [-0.3, -0.25) is 5.14 Å². The van der Waals surface area contributed by atoms with Gasteiger partial charge in [-0.25, -0.2) is 0 Å². The molecule has 0 aromatic heterocycles. The van der Waals surface area contributed by atoms with E-state index in [1.807, 2.05) is 0 Å². The lowest BCUT2D eigenvalue weighted by Gasteiger charge is -1.77. The maximum atomic E-state index is 5.06. The number of hydrogen-bond donors (Lipinski definition) is 1. The van der Waals surface area contributed by atoms with Crippen molar-refractivity contribution in [2.75, 3.05) is 5.65 Å². The molecule has 0 aromatic rings. The predicted molar refractivity (Wildman–Crippen MR) is 29.7 cm³/mol. The number of nitrogens with two attached hydrogens (primary N) is 1.